The van der Waals surface area contributed by atoms with Crippen LogP contribution in [0, 0.1) is 0 Å². The van der Waals surface area contributed by atoms with Crippen molar-refractivity contribution in [1.82, 2.24) is 16.2 Å². The van der Waals surface area contributed by atoms with Gasteiger partial charge in [0.05, 0.1) is 0 Å². The molecule has 0 aliphatic rings. The van der Waals surface area contributed by atoms with E-state index in [4.69, 9.17) is 35.4 Å². The van der Waals surface area contributed by atoms with Crippen LogP contribution in [0.25, 0.3) is 0 Å². The number of carbonyl (C=O) groups excluding carboxylic acids is 2. The van der Waals surface area contributed by atoms with E-state index in [1.165, 1.54) is 18.2 Å². The number of nitrogens with one attached hydrogen (secondary N) is 3. The summed E-state index contributed by atoms with van der Waals surface area (Å²) in [5.74, 6) is -0.876. The Balaban J connectivity index is 1.91. The Labute approximate surface area is 173 Å². The van der Waals surface area contributed by atoms with Gasteiger partial charge in [0, 0.05) is 21.2 Å². The lowest BCUT2D eigenvalue weighted by molar-refractivity contribution is 0.0934. The zero-order valence-electron chi connectivity index (χ0n) is 15.0. The predicted octanol–water partition coefficient (Wildman–Crippen LogP) is 4.24. The van der Waals surface area contributed by atoms with Crippen LogP contribution in [0.3, 0.4) is 0 Å². The van der Waals surface area contributed by atoms with Crippen molar-refractivity contribution in [2.75, 3.05) is 0 Å². The maximum Gasteiger partial charge on any atom is 0.269 e. The Morgan fingerprint density at radius 2 is 1.41 bits per heavy atom. The van der Waals surface area contributed by atoms with Crippen LogP contribution in [0.5, 0.6) is 0 Å². The molecule has 0 unspecified atom stereocenters. The SMILES string of the molecule is CC(C)(C)c1ccc(C(=O)NNC(=S)NC(=O)c2cc(Cl)cc(Cl)c2)cc1. The first-order chi connectivity index (χ1) is 12.6. The maximum absolute atomic E-state index is 12.2. The van der Waals surface area contributed by atoms with Crippen molar-refractivity contribution in [2.24, 2.45) is 0 Å². The van der Waals surface area contributed by atoms with Gasteiger partial charge >= 0.3 is 0 Å². The van der Waals surface area contributed by atoms with Crippen LogP contribution in [0.1, 0.15) is 47.1 Å². The van der Waals surface area contributed by atoms with Crippen molar-refractivity contribution in [3.05, 3.63) is 69.2 Å². The summed E-state index contributed by atoms with van der Waals surface area (Å²) in [4.78, 5) is 24.3. The number of thiocarbonyl (C=S) groups is 1. The molecule has 2 amide bonds. The molecule has 0 aliphatic heterocycles. The second-order valence-electron chi connectivity index (χ2n) is 6.85. The molecule has 0 atom stereocenters. The molecule has 5 nitrogen and oxygen atoms in total. The molecule has 0 saturated heterocycles. The van der Waals surface area contributed by atoms with Crippen molar-refractivity contribution >= 4 is 52.3 Å². The van der Waals surface area contributed by atoms with Gasteiger partial charge in [-0.05, 0) is 53.5 Å². The molecule has 142 valence electrons. The molecule has 0 radical (unpaired) electrons. The fraction of sp³-hybridized carbons (Fsp3) is 0.211. The highest BCUT2D eigenvalue weighted by atomic mass is 35.5. The van der Waals surface area contributed by atoms with Gasteiger partial charge in [0.25, 0.3) is 11.8 Å². The van der Waals surface area contributed by atoms with E-state index in [1.807, 2.05) is 12.1 Å². The van der Waals surface area contributed by atoms with Crippen LogP contribution in [0.2, 0.25) is 10.0 Å². The normalized spacial score (nSPS) is 10.9. The van der Waals surface area contributed by atoms with Crippen molar-refractivity contribution in [1.29, 1.82) is 0 Å². The number of hydrogen-bond acceptors (Lipinski definition) is 3. The minimum atomic E-state index is -0.499. The predicted molar refractivity (Wildman–Crippen MR) is 112 cm³/mol. The third-order valence-electron chi connectivity index (χ3n) is 3.65. The summed E-state index contributed by atoms with van der Waals surface area (Å²) in [6.07, 6.45) is 0. The molecule has 0 saturated carbocycles. The summed E-state index contributed by atoms with van der Waals surface area (Å²) in [7, 11) is 0. The number of benzene rings is 2. The first kappa shape index (κ1) is 21.2. The fourth-order valence-electron chi connectivity index (χ4n) is 2.20. The van der Waals surface area contributed by atoms with Crippen LogP contribution >= 0.6 is 35.4 Å². The topological polar surface area (TPSA) is 70.2 Å². The first-order valence-corrected chi connectivity index (χ1v) is 9.21. The zero-order chi connectivity index (χ0) is 20.2. The van der Waals surface area contributed by atoms with E-state index in [9.17, 15) is 9.59 Å². The largest absolute Gasteiger partial charge is 0.298 e. The molecule has 0 heterocycles. The number of hydrogen-bond donors (Lipinski definition) is 3. The average Bonchev–Trinajstić information content (AvgIpc) is 2.58. The van der Waals surface area contributed by atoms with E-state index in [0.29, 0.717) is 15.6 Å². The summed E-state index contributed by atoms with van der Waals surface area (Å²) < 4.78 is 0. The fourth-order valence-corrected chi connectivity index (χ4v) is 2.87. The minimum absolute atomic E-state index is 0.00232. The molecule has 2 aromatic carbocycles. The van der Waals surface area contributed by atoms with E-state index < -0.39 is 5.91 Å². The number of carbonyl (C=O) groups is 2. The number of hydrazine groups is 1. The summed E-state index contributed by atoms with van der Waals surface area (Å²) in [6.45, 7) is 6.29. The lowest BCUT2D eigenvalue weighted by Gasteiger charge is -2.19. The van der Waals surface area contributed by atoms with Crippen molar-refractivity contribution in [2.45, 2.75) is 26.2 Å². The molecule has 8 heteroatoms. The van der Waals surface area contributed by atoms with Crippen LogP contribution in [0.4, 0.5) is 0 Å². The Hall–Kier alpha value is -2.15. The molecule has 2 rings (SSSR count). The number of halogens is 2. The second-order valence-corrected chi connectivity index (χ2v) is 8.13. The smallest absolute Gasteiger partial charge is 0.269 e. The summed E-state index contributed by atoms with van der Waals surface area (Å²) in [5.41, 5.74) is 6.77. The van der Waals surface area contributed by atoms with Crippen LogP contribution in [0.15, 0.2) is 42.5 Å². The van der Waals surface area contributed by atoms with E-state index in [0.717, 1.165) is 5.56 Å². The van der Waals surface area contributed by atoms with Crippen LogP contribution in [-0.2, 0) is 5.41 Å². The van der Waals surface area contributed by atoms with E-state index in [2.05, 4.69) is 36.9 Å². The third-order valence-corrected chi connectivity index (χ3v) is 4.30. The van der Waals surface area contributed by atoms with Gasteiger partial charge in [-0.1, -0.05) is 56.1 Å². The monoisotopic (exact) mass is 423 g/mol. The molecule has 27 heavy (non-hydrogen) atoms. The minimum Gasteiger partial charge on any atom is -0.298 e. The van der Waals surface area contributed by atoms with Gasteiger partial charge in [-0.15, -0.1) is 0 Å². The second kappa shape index (κ2) is 8.69. The molecular weight excluding hydrogens is 405 g/mol. The number of rotatable bonds is 2. The molecule has 0 fully saturated rings. The summed E-state index contributed by atoms with van der Waals surface area (Å²) in [6, 6.07) is 11.7. The molecule has 0 aliphatic carbocycles. The first-order valence-electron chi connectivity index (χ1n) is 8.04. The molecular formula is C19H19Cl2N3O2S. The molecule has 0 bridgehead atoms. The maximum atomic E-state index is 12.2. The molecule has 2 aromatic rings. The standard InChI is InChI=1S/C19H19Cl2N3O2S/c1-19(2,3)13-6-4-11(5-7-13)17(26)23-24-18(27)22-16(25)12-8-14(20)10-15(21)9-12/h4-10H,1-3H3,(H,23,26)(H2,22,24,25,27). The lowest BCUT2D eigenvalue weighted by atomic mass is 9.87. The van der Waals surface area contributed by atoms with Crippen LogP contribution in [-0.4, -0.2) is 16.9 Å². The zero-order valence-corrected chi connectivity index (χ0v) is 17.4. The third kappa shape index (κ3) is 6.20. The van der Waals surface area contributed by atoms with Gasteiger partial charge in [-0.25, -0.2) is 0 Å². The number of amides is 2. The van der Waals surface area contributed by atoms with Gasteiger partial charge in [-0.3, -0.25) is 25.8 Å². The Morgan fingerprint density at radius 1 is 0.852 bits per heavy atom. The van der Waals surface area contributed by atoms with Gasteiger partial charge < -0.3 is 0 Å². The van der Waals surface area contributed by atoms with Gasteiger partial charge in [0.15, 0.2) is 5.11 Å². The molecule has 0 aromatic heterocycles. The van der Waals surface area contributed by atoms with Crippen molar-refractivity contribution in [3.8, 4) is 0 Å². The van der Waals surface area contributed by atoms with Crippen molar-refractivity contribution in [3.63, 3.8) is 0 Å². The van der Waals surface area contributed by atoms with Gasteiger partial charge in [-0.2, -0.15) is 0 Å². The van der Waals surface area contributed by atoms with Crippen molar-refractivity contribution < 1.29 is 9.59 Å². The van der Waals surface area contributed by atoms with E-state index in [-0.39, 0.29) is 22.0 Å². The van der Waals surface area contributed by atoms with E-state index >= 15 is 0 Å². The van der Waals surface area contributed by atoms with Gasteiger partial charge in [0.1, 0.15) is 0 Å². The molecule has 0 spiro atoms. The Kier molecular flexibility index (Phi) is 6.81. The quantitative estimate of drug-likeness (QED) is 0.498. The lowest BCUT2D eigenvalue weighted by Crippen LogP contribution is -2.48. The summed E-state index contributed by atoms with van der Waals surface area (Å²) >= 11 is 16.8. The van der Waals surface area contributed by atoms with Gasteiger partial charge in [0.2, 0.25) is 0 Å². The van der Waals surface area contributed by atoms with E-state index in [1.54, 1.807) is 12.1 Å². The average molecular weight is 424 g/mol. The van der Waals surface area contributed by atoms with Crippen LogP contribution < -0.4 is 16.2 Å². The highest BCUT2D eigenvalue weighted by molar-refractivity contribution is 7.80. The highest BCUT2D eigenvalue weighted by Crippen LogP contribution is 2.22. The highest BCUT2D eigenvalue weighted by Gasteiger charge is 2.15. The Morgan fingerprint density at radius 3 is 1.93 bits per heavy atom. The Bertz CT molecular complexity index is 857. The summed E-state index contributed by atoms with van der Waals surface area (Å²) in [5, 5.41) is 3.04. The molecule has 3 N–H and O–H groups in total.